The number of nitrogens with one attached hydrogen (secondary N) is 1. The lowest BCUT2D eigenvalue weighted by atomic mass is 9.94. The highest BCUT2D eigenvalue weighted by molar-refractivity contribution is 5.84. The number of hydrogen-bond donors (Lipinski definition) is 2. The molecule has 0 aliphatic carbocycles. The minimum Gasteiger partial charge on any atom is -0.381 e. The molecule has 0 saturated carbocycles. The molecule has 1 amide bonds. The number of ether oxygens (including phenoxy) is 2. The number of carbonyl (C=O) groups excluding carboxylic acids is 1. The summed E-state index contributed by atoms with van der Waals surface area (Å²) < 4.78 is 11.0. The lowest BCUT2D eigenvalue weighted by Crippen LogP contribution is -2.51. The first-order valence-electron chi connectivity index (χ1n) is 7.23. The molecular weight excluding hydrogens is 244 g/mol. The monoisotopic (exact) mass is 272 g/mol. The summed E-state index contributed by atoms with van der Waals surface area (Å²) in [6.45, 7) is 5.18. The van der Waals surface area contributed by atoms with Gasteiger partial charge in [0.15, 0.2) is 0 Å². The number of amides is 1. The molecule has 112 valence electrons. The Labute approximate surface area is 116 Å². The van der Waals surface area contributed by atoms with Gasteiger partial charge >= 0.3 is 0 Å². The van der Waals surface area contributed by atoms with E-state index >= 15 is 0 Å². The van der Waals surface area contributed by atoms with Gasteiger partial charge in [-0.1, -0.05) is 0 Å². The van der Waals surface area contributed by atoms with Crippen LogP contribution in [0.3, 0.4) is 0 Å². The average Bonchev–Trinajstić information content (AvgIpc) is 2.43. The molecule has 0 aromatic rings. The van der Waals surface area contributed by atoms with Crippen LogP contribution in [-0.4, -0.2) is 44.9 Å². The predicted octanol–water partition coefficient (Wildman–Crippen LogP) is 1.06. The molecule has 0 radical (unpaired) electrons. The number of carbonyl (C=O) groups is 1. The Kier molecular flexibility index (Phi) is 7.34. The molecule has 0 aromatic carbocycles. The highest BCUT2D eigenvalue weighted by Gasteiger charge is 2.27. The van der Waals surface area contributed by atoms with E-state index in [0.29, 0.717) is 5.92 Å². The normalized spacial score (nSPS) is 20.1. The fourth-order valence-electron chi connectivity index (χ4n) is 2.22. The van der Waals surface area contributed by atoms with Crippen molar-refractivity contribution in [1.82, 2.24) is 5.32 Å². The van der Waals surface area contributed by atoms with Gasteiger partial charge in [0.2, 0.25) is 5.91 Å². The number of primary amides is 1. The van der Waals surface area contributed by atoms with E-state index in [0.717, 1.165) is 58.5 Å². The molecule has 1 atom stereocenters. The van der Waals surface area contributed by atoms with Gasteiger partial charge in [-0.15, -0.1) is 0 Å². The maximum absolute atomic E-state index is 11.3. The molecule has 1 saturated heterocycles. The van der Waals surface area contributed by atoms with E-state index in [9.17, 15) is 4.79 Å². The maximum atomic E-state index is 11.3. The Balaban J connectivity index is 2.02. The fourth-order valence-corrected chi connectivity index (χ4v) is 2.22. The van der Waals surface area contributed by atoms with Crippen molar-refractivity contribution in [1.29, 1.82) is 0 Å². The average molecular weight is 272 g/mol. The molecule has 1 unspecified atom stereocenters. The first kappa shape index (κ1) is 16.4. The second-order valence-corrected chi connectivity index (χ2v) is 5.53. The SMILES string of the molecule is CNC(C)(CCCCOCC1CCOCC1)C(N)=O. The summed E-state index contributed by atoms with van der Waals surface area (Å²) in [6, 6.07) is 0. The zero-order chi connectivity index (χ0) is 14.1. The van der Waals surface area contributed by atoms with E-state index < -0.39 is 5.54 Å². The Hall–Kier alpha value is -0.650. The van der Waals surface area contributed by atoms with Crippen molar-refractivity contribution in [2.75, 3.05) is 33.5 Å². The van der Waals surface area contributed by atoms with Crippen molar-refractivity contribution in [3.63, 3.8) is 0 Å². The summed E-state index contributed by atoms with van der Waals surface area (Å²) >= 11 is 0. The zero-order valence-electron chi connectivity index (χ0n) is 12.2. The van der Waals surface area contributed by atoms with E-state index in [1.807, 2.05) is 6.92 Å². The lowest BCUT2D eigenvalue weighted by molar-refractivity contribution is -0.123. The van der Waals surface area contributed by atoms with Crippen LogP contribution in [0.5, 0.6) is 0 Å². The van der Waals surface area contributed by atoms with Gasteiger partial charge < -0.3 is 20.5 Å². The smallest absolute Gasteiger partial charge is 0.237 e. The molecule has 0 bridgehead atoms. The zero-order valence-corrected chi connectivity index (χ0v) is 12.2. The van der Waals surface area contributed by atoms with Crippen LogP contribution in [0, 0.1) is 5.92 Å². The van der Waals surface area contributed by atoms with Crippen molar-refractivity contribution < 1.29 is 14.3 Å². The second-order valence-electron chi connectivity index (χ2n) is 5.53. The quantitative estimate of drug-likeness (QED) is 0.616. The van der Waals surface area contributed by atoms with Gasteiger partial charge in [0.1, 0.15) is 0 Å². The third kappa shape index (κ3) is 5.89. The number of nitrogens with two attached hydrogens (primary N) is 1. The second kappa shape index (κ2) is 8.51. The van der Waals surface area contributed by atoms with E-state index in [4.69, 9.17) is 15.2 Å². The Morgan fingerprint density at radius 1 is 1.42 bits per heavy atom. The predicted molar refractivity (Wildman–Crippen MR) is 74.9 cm³/mol. The molecule has 19 heavy (non-hydrogen) atoms. The summed E-state index contributed by atoms with van der Waals surface area (Å²) in [7, 11) is 1.77. The van der Waals surface area contributed by atoms with Gasteiger partial charge in [-0.25, -0.2) is 0 Å². The standard InChI is InChI=1S/C14H28N2O3/c1-14(16-2,13(15)17)7-3-4-8-19-11-12-5-9-18-10-6-12/h12,16H,3-11H2,1-2H3,(H2,15,17). The summed E-state index contributed by atoms with van der Waals surface area (Å²) in [5.74, 6) is 0.361. The van der Waals surface area contributed by atoms with Crippen LogP contribution in [0.2, 0.25) is 0 Å². The van der Waals surface area contributed by atoms with Crippen molar-refractivity contribution in [2.45, 2.75) is 44.6 Å². The van der Waals surface area contributed by atoms with E-state index in [-0.39, 0.29) is 5.91 Å². The van der Waals surface area contributed by atoms with Gasteiger partial charge in [0.25, 0.3) is 0 Å². The largest absolute Gasteiger partial charge is 0.381 e. The van der Waals surface area contributed by atoms with Gasteiger partial charge in [0.05, 0.1) is 5.54 Å². The molecule has 0 aromatic heterocycles. The third-order valence-corrected chi connectivity index (χ3v) is 4.01. The van der Waals surface area contributed by atoms with Crippen molar-refractivity contribution >= 4 is 5.91 Å². The van der Waals surface area contributed by atoms with Crippen molar-refractivity contribution in [3.05, 3.63) is 0 Å². The van der Waals surface area contributed by atoms with Gasteiger partial charge in [-0.2, -0.15) is 0 Å². The van der Waals surface area contributed by atoms with Crippen LogP contribution < -0.4 is 11.1 Å². The van der Waals surface area contributed by atoms with Crippen molar-refractivity contribution in [3.8, 4) is 0 Å². The highest BCUT2D eigenvalue weighted by atomic mass is 16.5. The molecule has 1 rings (SSSR count). The fraction of sp³-hybridized carbons (Fsp3) is 0.929. The Bertz CT molecular complexity index is 267. The van der Waals surface area contributed by atoms with Crippen LogP contribution in [0.1, 0.15) is 39.0 Å². The number of hydrogen-bond acceptors (Lipinski definition) is 4. The topological polar surface area (TPSA) is 73.6 Å². The minimum absolute atomic E-state index is 0.293. The molecule has 3 N–H and O–H groups in total. The molecule has 5 nitrogen and oxygen atoms in total. The van der Waals surface area contributed by atoms with Crippen LogP contribution >= 0.6 is 0 Å². The van der Waals surface area contributed by atoms with Gasteiger partial charge in [0, 0.05) is 26.4 Å². The summed E-state index contributed by atoms with van der Waals surface area (Å²) in [5.41, 5.74) is 4.78. The van der Waals surface area contributed by atoms with E-state index in [1.165, 1.54) is 0 Å². The summed E-state index contributed by atoms with van der Waals surface area (Å²) in [4.78, 5) is 11.3. The maximum Gasteiger partial charge on any atom is 0.237 e. The summed E-state index contributed by atoms with van der Waals surface area (Å²) in [5, 5.41) is 2.99. The van der Waals surface area contributed by atoms with E-state index in [1.54, 1.807) is 7.05 Å². The van der Waals surface area contributed by atoms with Crippen LogP contribution in [0.15, 0.2) is 0 Å². The van der Waals surface area contributed by atoms with Crippen LogP contribution in [-0.2, 0) is 14.3 Å². The van der Waals surface area contributed by atoms with Gasteiger partial charge in [-0.05, 0) is 52.0 Å². The number of likely N-dealkylation sites (N-methyl/N-ethyl adjacent to an activating group) is 1. The number of rotatable bonds is 9. The van der Waals surface area contributed by atoms with Crippen LogP contribution in [0.25, 0.3) is 0 Å². The molecule has 1 heterocycles. The minimum atomic E-state index is -0.597. The molecule has 1 aliphatic rings. The number of unbranched alkanes of at least 4 members (excludes halogenated alkanes) is 1. The first-order chi connectivity index (χ1) is 9.08. The third-order valence-electron chi connectivity index (χ3n) is 4.01. The van der Waals surface area contributed by atoms with E-state index in [2.05, 4.69) is 5.32 Å². The highest BCUT2D eigenvalue weighted by Crippen LogP contribution is 2.16. The lowest BCUT2D eigenvalue weighted by Gasteiger charge is -2.25. The Morgan fingerprint density at radius 3 is 2.68 bits per heavy atom. The summed E-state index contributed by atoms with van der Waals surface area (Å²) in [6.07, 6.45) is 4.88. The molecule has 0 spiro atoms. The first-order valence-corrected chi connectivity index (χ1v) is 7.23. The van der Waals surface area contributed by atoms with Crippen molar-refractivity contribution in [2.24, 2.45) is 11.7 Å². The van der Waals surface area contributed by atoms with Crippen LogP contribution in [0.4, 0.5) is 0 Å². The van der Waals surface area contributed by atoms with Gasteiger partial charge in [-0.3, -0.25) is 4.79 Å². The Morgan fingerprint density at radius 2 is 2.11 bits per heavy atom. The molecule has 5 heteroatoms. The molecule has 1 fully saturated rings. The molecule has 1 aliphatic heterocycles. The molecular formula is C14H28N2O3.